The molecule has 2 heterocycles. The highest BCUT2D eigenvalue weighted by Gasteiger charge is 2.28. The van der Waals surface area contributed by atoms with E-state index >= 15 is 0 Å². The largest absolute Gasteiger partial charge is 0.376 e. The van der Waals surface area contributed by atoms with Gasteiger partial charge in [-0.1, -0.05) is 6.92 Å². The lowest BCUT2D eigenvalue weighted by molar-refractivity contribution is -0.0902. The summed E-state index contributed by atoms with van der Waals surface area (Å²) in [4.78, 5) is 6.31. The molecule has 2 unspecified atom stereocenters. The Morgan fingerprint density at radius 1 is 1.42 bits per heavy atom. The number of ether oxygens (including phenoxy) is 2. The van der Waals surface area contributed by atoms with Gasteiger partial charge in [0.25, 0.3) is 0 Å². The third-order valence-electron chi connectivity index (χ3n) is 3.70. The summed E-state index contributed by atoms with van der Waals surface area (Å²) in [6.45, 7) is 5.32. The highest BCUT2D eigenvalue weighted by Crippen LogP contribution is 2.36. The second kappa shape index (κ2) is 6.31. The van der Waals surface area contributed by atoms with Gasteiger partial charge in [-0.25, -0.2) is 4.98 Å². The summed E-state index contributed by atoms with van der Waals surface area (Å²) in [5, 5.41) is 4.72. The zero-order valence-corrected chi connectivity index (χ0v) is 12.3. The van der Waals surface area contributed by atoms with E-state index < -0.39 is 0 Å². The molecule has 1 N–H and O–H groups in total. The summed E-state index contributed by atoms with van der Waals surface area (Å²) >= 11 is 1.82. The molecule has 1 aromatic heterocycles. The molecule has 2 aliphatic rings. The summed E-state index contributed by atoms with van der Waals surface area (Å²) < 4.78 is 11.2. The first-order valence-corrected chi connectivity index (χ1v) is 8.12. The highest BCUT2D eigenvalue weighted by molar-refractivity contribution is 7.11. The van der Waals surface area contributed by atoms with E-state index in [0.29, 0.717) is 25.9 Å². The number of nitrogens with zero attached hydrogens (tertiary/aromatic N) is 1. The van der Waals surface area contributed by atoms with E-state index in [2.05, 4.69) is 12.2 Å². The lowest BCUT2D eigenvalue weighted by atomic mass is 9.97. The molecule has 1 fully saturated rings. The molecule has 0 spiro atoms. The van der Waals surface area contributed by atoms with E-state index in [1.165, 1.54) is 36.3 Å². The molecule has 0 bridgehead atoms. The lowest BCUT2D eigenvalue weighted by Gasteiger charge is -2.22. The quantitative estimate of drug-likeness (QED) is 0.922. The first kappa shape index (κ1) is 13.5. The average molecular weight is 282 g/mol. The molecule has 1 saturated heterocycles. The summed E-state index contributed by atoms with van der Waals surface area (Å²) in [6.07, 6.45) is 4.86. The normalized spacial score (nSPS) is 27.2. The van der Waals surface area contributed by atoms with Crippen molar-refractivity contribution in [1.29, 1.82) is 0 Å². The van der Waals surface area contributed by atoms with E-state index in [9.17, 15) is 0 Å². The number of hydrogen-bond acceptors (Lipinski definition) is 5. The summed E-state index contributed by atoms with van der Waals surface area (Å²) in [5.41, 5.74) is 1.27. The standard InChI is InChI=1S/C14H22N2O2S/c1-2-6-15-10-4-3-5-12-13(10)16-14(19-12)11-9-17-7-8-18-11/h10-11,15H,2-9H2,1H3. The molecule has 1 aliphatic carbocycles. The Balaban J connectivity index is 1.76. The van der Waals surface area contributed by atoms with E-state index in [1.54, 1.807) is 0 Å². The number of thiazole rings is 1. The second-order valence-electron chi connectivity index (χ2n) is 5.19. The number of rotatable bonds is 4. The highest BCUT2D eigenvalue weighted by atomic mass is 32.1. The fourth-order valence-electron chi connectivity index (χ4n) is 2.72. The van der Waals surface area contributed by atoms with E-state index in [0.717, 1.165) is 11.6 Å². The van der Waals surface area contributed by atoms with Crippen LogP contribution in [0.1, 0.15) is 53.9 Å². The fourth-order valence-corrected chi connectivity index (χ4v) is 3.93. The van der Waals surface area contributed by atoms with Gasteiger partial charge < -0.3 is 14.8 Å². The Morgan fingerprint density at radius 3 is 3.16 bits per heavy atom. The van der Waals surface area contributed by atoms with Crippen LogP contribution in [-0.2, 0) is 15.9 Å². The van der Waals surface area contributed by atoms with Crippen LogP contribution in [0.5, 0.6) is 0 Å². The maximum atomic E-state index is 5.76. The van der Waals surface area contributed by atoms with Crippen molar-refractivity contribution >= 4 is 11.3 Å². The van der Waals surface area contributed by atoms with Gasteiger partial charge in [0.05, 0.1) is 31.6 Å². The molecule has 0 aromatic carbocycles. The van der Waals surface area contributed by atoms with E-state index in [-0.39, 0.29) is 6.10 Å². The van der Waals surface area contributed by atoms with Crippen molar-refractivity contribution < 1.29 is 9.47 Å². The Bertz CT molecular complexity index is 416. The molecule has 1 aliphatic heterocycles. The third-order valence-corrected chi connectivity index (χ3v) is 4.93. The van der Waals surface area contributed by atoms with Crippen LogP contribution in [0, 0.1) is 0 Å². The predicted octanol–water partition coefficient (Wildman–Crippen LogP) is 2.61. The van der Waals surface area contributed by atoms with Crippen LogP contribution in [0.2, 0.25) is 0 Å². The third kappa shape index (κ3) is 2.99. The molecule has 1 aromatic rings. The predicted molar refractivity (Wildman–Crippen MR) is 75.6 cm³/mol. The van der Waals surface area contributed by atoms with Gasteiger partial charge >= 0.3 is 0 Å². The summed E-state index contributed by atoms with van der Waals surface area (Å²) in [6, 6.07) is 0.443. The lowest BCUT2D eigenvalue weighted by Crippen LogP contribution is -2.26. The maximum absolute atomic E-state index is 5.76. The molecular weight excluding hydrogens is 260 g/mol. The Kier molecular flexibility index (Phi) is 4.48. The van der Waals surface area contributed by atoms with Crippen LogP contribution in [0.15, 0.2) is 0 Å². The van der Waals surface area contributed by atoms with Crippen molar-refractivity contribution in [2.24, 2.45) is 0 Å². The molecule has 0 radical (unpaired) electrons. The van der Waals surface area contributed by atoms with Crippen LogP contribution in [0.25, 0.3) is 0 Å². The molecule has 4 nitrogen and oxygen atoms in total. The van der Waals surface area contributed by atoms with Gasteiger partial charge in [-0.15, -0.1) is 11.3 Å². The number of aromatic nitrogens is 1. The smallest absolute Gasteiger partial charge is 0.132 e. The SMILES string of the molecule is CCCNC1CCCc2sc(C3COCCO3)nc21. The first-order valence-electron chi connectivity index (χ1n) is 7.30. The van der Waals surface area contributed by atoms with Gasteiger partial charge in [0, 0.05) is 4.88 Å². The monoisotopic (exact) mass is 282 g/mol. The number of nitrogens with one attached hydrogen (secondary N) is 1. The molecule has 2 atom stereocenters. The zero-order valence-electron chi connectivity index (χ0n) is 11.5. The summed E-state index contributed by atoms with van der Waals surface area (Å²) in [5.74, 6) is 0. The van der Waals surface area contributed by atoms with Crippen molar-refractivity contribution in [3.63, 3.8) is 0 Å². The minimum atomic E-state index is 0.0520. The van der Waals surface area contributed by atoms with Gasteiger partial charge in [-0.05, 0) is 32.2 Å². The minimum absolute atomic E-state index is 0.0520. The Morgan fingerprint density at radius 2 is 2.37 bits per heavy atom. The molecule has 19 heavy (non-hydrogen) atoms. The van der Waals surface area contributed by atoms with E-state index in [4.69, 9.17) is 14.5 Å². The number of hydrogen-bond donors (Lipinski definition) is 1. The summed E-state index contributed by atoms with van der Waals surface area (Å²) in [7, 11) is 0. The van der Waals surface area contributed by atoms with Gasteiger partial charge in [0.15, 0.2) is 0 Å². The van der Waals surface area contributed by atoms with Gasteiger partial charge in [0.1, 0.15) is 11.1 Å². The van der Waals surface area contributed by atoms with Crippen LogP contribution in [0.3, 0.4) is 0 Å². The molecular formula is C14H22N2O2S. The van der Waals surface area contributed by atoms with Crippen molar-refractivity contribution in [3.8, 4) is 0 Å². The Hall–Kier alpha value is -0.490. The van der Waals surface area contributed by atoms with Crippen LogP contribution < -0.4 is 5.32 Å². The Labute approximate surface area is 118 Å². The maximum Gasteiger partial charge on any atom is 0.132 e. The van der Waals surface area contributed by atoms with Gasteiger partial charge in [0.2, 0.25) is 0 Å². The molecule has 106 valence electrons. The minimum Gasteiger partial charge on any atom is -0.376 e. The first-order chi connectivity index (χ1) is 9.38. The van der Waals surface area contributed by atoms with Gasteiger partial charge in [-0.3, -0.25) is 0 Å². The van der Waals surface area contributed by atoms with Crippen LogP contribution in [0.4, 0.5) is 0 Å². The molecule has 3 rings (SSSR count). The number of fused-ring (bicyclic) bond motifs is 1. The molecule has 5 heteroatoms. The van der Waals surface area contributed by atoms with Gasteiger partial charge in [-0.2, -0.15) is 0 Å². The average Bonchev–Trinajstić information content (AvgIpc) is 2.90. The van der Waals surface area contributed by atoms with Crippen LogP contribution >= 0.6 is 11.3 Å². The molecule has 0 amide bonds. The van der Waals surface area contributed by atoms with Crippen LogP contribution in [-0.4, -0.2) is 31.3 Å². The fraction of sp³-hybridized carbons (Fsp3) is 0.786. The zero-order chi connectivity index (χ0) is 13.1. The van der Waals surface area contributed by atoms with E-state index in [1.807, 2.05) is 11.3 Å². The van der Waals surface area contributed by atoms with Crippen molar-refractivity contribution in [2.75, 3.05) is 26.4 Å². The van der Waals surface area contributed by atoms with Crippen molar-refractivity contribution in [3.05, 3.63) is 15.6 Å². The second-order valence-corrected chi connectivity index (χ2v) is 6.31. The number of aryl methyl sites for hydroxylation is 1. The van der Waals surface area contributed by atoms with Crippen molar-refractivity contribution in [1.82, 2.24) is 10.3 Å². The van der Waals surface area contributed by atoms with Crippen molar-refractivity contribution in [2.45, 2.75) is 44.8 Å². The topological polar surface area (TPSA) is 43.4 Å². The molecule has 0 saturated carbocycles.